The van der Waals surface area contributed by atoms with Crippen molar-refractivity contribution >= 4 is 22.9 Å². The number of phenols is 4. The number of benzene rings is 2. The van der Waals surface area contributed by atoms with E-state index in [1.807, 2.05) is 0 Å². The number of hydrogen-bond acceptors (Lipinski definition) is 8. The van der Waals surface area contributed by atoms with Gasteiger partial charge in [-0.3, -0.25) is 9.59 Å². The highest BCUT2D eigenvalue weighted by Gasteiger charge is 2.39. The first-order valence-electron chi connectivity index (χ1n) is 6.03. The van der Waals surface area contributed by atoms with Gasteiger partial charge in [-0.1, -0.05) is 0 Å². The Morgan fingerprint density at radius 3 is 1.27 bits per heavy atom. The number of carbonyl (C=O) groups excluding carboxylic acids is 2. The monoisotopic (exact) mass is 302 g/mol. The molecule has 2 aromatic rings. The molecular weight excluding hydrogens is 292 g/mol. The zero-order valence-corrected chi connectivity index (χ0v) is 10.9. The number of nitrogens with two attached hydrogens (primary N) is 2. The van der Waals surface area contributed by atoms with Crippen molar-refractivity contribution in [2.24, 2.45) is 0 Å². The summed E-state index contributed by atoms with van der Waals surface area (Å²) in [5.74, 6) is -4.55. The summed E-state index contributed by atoms with van der Waals surface area (Å²) in [7, 11) is 0. The van der Waals surface area contributed by atoms with Crippen molar-refractivity contribution in [3.8, 4) is 23.0 Å². The Kier molecular flexibility index (Phi) is 2.49. The van der Waals surface area contributed by atoms with Gasteiger partial charge in [-0.15, -0.1) is 0 Å². The first-order chi connectivity index (χ1) is 10.3. The summed E-state index contributed by atoms with van der Waals surface area (Å²) >= 11 is 0. The van der Waals surface area contributed by atoms with Crippen molar-refractivity contribution < 1.29 is 30.0 Å². The third kappa shape index (κ3) is 1.46. The lowest BCUT2D eigenvalue weighted by molar-refractivity contribution is 0.0969. The molecule has 8 N–H and O–H groups in total. The third-order valence-electron chi connectivity index (χ3n) is 3.53. The molecule has 2 aromatic carbocycles. The summed E-state index contributed by atoms with van der Waals surface area (Å²) < 4.78 is 0. The highest BCUT2D eigenvalue weighted by atomic mass is 16.3. The topological polar surface area (TPSA) is 167 Å². The minimum Gasteiger partial charge on any atom is -0.507 e. The average Bonchev–Trinajstić information content (AvgIpc) is 2.44. The Morgan fingerprint density at radius 2 is 0.955 bits per heavy atom. The van der Waals surface area contributed by atoms with Crippen LogP contribution < -0.4 is 11.5 Å². The van der Waals surface area contributed by atoms with E-state index in [1.165, 1.54) is 0 Å². The SMILES string of the molecule is Nc1cc(O)c2c(c1O)C(=O)c1c(O)cc(N)c(O)c1C2=O. The predicted octanol–water partition coefficient (Wildman–Crippen LogP) is 0.449. The summed E-state index contributed by atoms with van der Waals surface area (Å²) in [6.07, 6.45) is 0. The second-order valence-corrected chi connectivity index (χ2v) is 4.83. The molecule has 0 heterocycles. The van der Waals surface area contributed by atoms with Gasteiger partial charge < -0.3 is 31.9 Å². The summed E-state index contributed by atoms with van der Waals surface area (Å²) in [5.41, 5.74) is 8.22. The number of fused-ring (bicyclic) bond motifs is 2. The van der Waals surface area contributed by atoms with E-state index in [0.717, 1.165) is 12.1 Å². The normalized spacial score (nSPS) is 12.9. The Bertz CT molecular complexity index is 814. The Labute approximate surface area is 122 Å². The zero-order valence-electron chi connectivity index (χ0n) is 10.9. The summed E-state index contributed by atoms with van der Waals surface area (Å²) in [4.78, 5) is 24.9. The van der Waals surface area contributed by atoms with Crippen LogP contribution in [0.4, 0.5) is 11.4 Å². The summed E-state index contributed by atoms with van der Waals surface area (Å²) in [5, 5.41) is 39.6. The van der Waals surface area contributed by atoms with Crippen LogP contribution in [0.5, 0.6) is 23.0 Å². The van der Waals surface area contributed by atoms with Crippen molar-refractivity contribution in [1.29, 1.82) is 0 Å². The first kappa shape index (κ1) is 13.6. The highest BCUT2D eigenvalue weighted by Crippen LogP contribution is 2.46. The van der Waals surface area contributed by atoms with E-state index in [2.05, 4.69) is 0 Å². The zero-order chi connectivity index (χ0) is 16.3. The molecule has 8 nitrogen and oxygen atoms in total. The van der Waals surface area contributed by atoms with Crippen LogP contribution in [0.3, 0.4) is 0 Å². The number of rotatable bonds is 0. The number of nitrogen functional groups attached to an aromatic ring is 2. The molecule has 8 heteroatoms. The molecule has 0 amide bonds. The van der Waals surface area contributed by atoms with Crippen LogP contribution in [-0.2, 0) is 0 Å². The van der Waals surface area contributed by atoms with E-state index in [-0.39, 0.29) is 11.4 Å². The van der Waals surface area contributed by atoms with Gasteiger partial charge in [0.05, 0.1) is 33.6 Å². The van der Waals surface area contributed by atoms with Gasteiger partial charge in [0.25, 0.3) is 0 Å². The van der Waals surface area contributed by atoms with Gasteiger partial charge in [-0.05, 0) is 0 Å². The van der Waals surface area contributed by atoms with Crippen LogP contribution in [0.15, 0.2) is 12.1 Å². The fraction of sp³-hybridized carbons (Fsp3) is 0. The van der Waals surface area contributed by atoms with Gasteiger partial charge >= 0.3 is 0 Å². The van der Waals surface area contributed by atoms with Crippen LogP contribution in [-0.4, -0.2) is 32.0 Å². The molecule has 0 saturated carbocycles. The lowest BCUT2D eigenvalue weighted by atomic mass is 9.81. The van der Waals surface area contributed by atoms with Crippen molar-refractivity contribution in [1.82, 2.24) is 0 Å². The Hall–Kier alpha value is -3.42. The molecule has 3 rings (SSSR count). The van der Waals surface area contributed by atoms with Crippen LogP contribution in [0, 0.1) is 0 Å². The predicted molar refractivity (Wildman–Crippen MR) is 75.2 cm³/mol. The fourth-order valence-electron chi connectivity index (χ4n) is 2.51. The number of carbonyl (C=O) groups is 2. The number of ketones is 2. The van der Waals surface area contributed by atoms with Crippen LogP contribution in [0.25, 0.3) is 0 Å². The highest BCUT2D eigenvalue weighted by molar-refractivity contribution is 6.32. The van der Waals surface area contributed by atoms with Crippen LogP contribution in [0.2, 0.25) is 0 Å². The molecule has 0 bridgehead atoms. The van der Waals surface area contributed by atoms with Crippen molar-refractivity contribution in [3.05, 3.63) is 34.4 Å². The molecule has 0 atom stereocenters. The molecule has 0 fully saturated rings. The van der Waals surface area contributed by atoms with E-state index < -0.39 is 56.8 Å². The van der Waals surface area contributed by atoms with Gasteiger partial charge in [-0.2, -0.15) is 0 Å². The molecular formula is C14H10N2O6. The molecule has 0 aromatic heterocycles. The largest absolute Gasteiger partial charge is 0.507 e. The maximum absolute atomic E-state index is 12.5. The quantitative estimate of drug-likeness (QED) is 0.198. The number of hydrogen-bond donors (Lipinski definition) is 6. The Morgan fingerprint density at radius 1 is 0.636 bits per heavy atom. The van der Waals surface area contributed by atoms with E-state index >= 15 is 0 Å². The minimum atomic E-state index is -0.961. The summed E-state index contributed by atoms with van der Waals surface area (Å²) in [6.45, 7) is 0. The van der Waals surface area contributed by atoms with Gasteiger partial charge in [-0.25, -0.2) is 0 Å². The van der Waals surface area contributed by atoms with Crippen molar-refractivity contribution in [2.45, 2.75) is 0 Å². The molecule has 0 unspecified atom stereocenters. The lowest BCUT2D eigenvalue weighted by Gasteiger charge is -2.22. The third-order valence-corrected chi connectivity index (χ3v) is 3.53. The maximum Gasteiger partial charge on any atom is 0.202 e. The van der Waals surface area contributed by atoms with Crippen LogP contribution >= 0.6 is 0 Å². The molecule has 0 radical (unpaired) electrons. The molecule has 112 valence electrons. The molecule has 0 aliphatic heterocycles. The first-order valence-corrected chi connectivity index (χ1v) is 6.03. The average molecular weight is 302 g/mol. The van der Waals surface area contributed by atoms with Gasteiger partial charge in [0, 0.05) is 12.1 Å². The standard InChI is InChI=1S/C14H10N2O6/c15-3-1-5(17)7-9(11(3)19)14(22)8-6(18)2-4(16)12(20)10(8)13(7)21/h1-2,17-20H,15-16H2. The van der Waals surface area contributed by atoms with Gasteiger partial charge in [0.2, 0.25) is 11.6 Å². The van der Waals surface area contributed by atoms with E-state index in [1.54, 1.807) is 0 Å². The summed E-state index contributed by atoms with van der Waals surface area (Å²) in [6, 6.07) is 1.82. The van der Waals surface area contributed by atoms with Gasteiger partial charge in [0.1, 0.15) is 11.5 Å². The second kappa shape index (κ2) is 4.04. The number of aromatic hydroxyl groups is 4. The number of anilines is 2. The second-order valence-electron chi connectivity index (χ2n) is 4.83. The Balaban J connectivity index is 2.49. The smallest absolute Gasteiger partial charge is 0.202 e. The van der Waals surface area contributed by atoms with Crippen molar-refractivity contribution in [3.63, 3.8) is 0 Å². The maximum atomic E-state index is 12.5. The van der Waals surface area contributed by atoms with Crippen molar-refractivity contribution in [2.75, 3.05) is 11.5 Å². The van der Waals surface area contributed by atoms with E-state index in [4.69, 9.17) is 11.5 Å². The van der Waals surface area contributed by atoms with Crippen LogP contribution in [0.1, 0.15) is 31.8 Å². The molecule has 0 saturated heterocycles. The minimum absolute atomic E-state index is 0.306. The molecule has 1 aliphatic rings. The molecule has 0 spiro atoms. The number of phenolic OH excluding ortho intramolecular Hbond substituents is 4. The fourth-order valence-corrected chi connectivity index (χ4v) is 2.51. The lowest BCUT2D eigenvalue weighted by Crippen LogP contribution is -2.22. The molecule has 1 aliphatic carbocycles. The van der Waals surface area contributed by atoms with E-state index in [9.17, 15) is 30.0 Å². The molecule has 22 heavy (non-hydrogen) atoms. The van der Waals surface area contributed by atoms with Gasteiger partial charge in [0.15, 0.2) is 11.5 Å². The van der Waals surface area contributed by atoms with E-state index in [0.29, 0.717) is 0 Å².